The van der Waals surface area contributed by atoms with Crippen molar-refractivity contribution in [3.05, 3.63) is 34.6 Å². The zero-order valence-corrected chi connectivity index (χ0v) is 13.2. The maximum absolute atomic E-state index is 12.7. The van der Waals surface area contributed by atoms with Gasteiger partial charge in [-0.25, -0.2) is 4.98 Å². The number of nitrogens with zero attached hydrogens (tertiary/aromatic N) is 2. The Morgan fingerprint density at radius 2 is 2.14 bits per heavy atom. The van der Waals surface area contributed by atoms with Gasteiger partial charge in [-0.1, -0.05) is 30.8 Å². The zero-order valence-electron chi connectivity index (χ0n) is 12.4. The average molecular weight is 305 g/mol. The van der Waals surface area contributed by atoms with E-state index in [4.69, 9.17) is 0 Å². The molecule has 1 heterocycles. The van der Waals surface area contributed by atoms with Gasteiger partial charge >= 0.3 is 0 Å². The molecule has 0 aliphatic carbocycles. The SMILES string of the molecule is CC[C@@H](C)n1c(SCC(=O)NC)nc2ccccc2c1=O. The summed E-state index contributed by atoms with van der Waals surface area (Å²) in [5.41, 5.74) is 0.621. The first-order valence-electron chi connectivity index (χ1n) is 6.93. The zero-order chi connectivity index (χ0) is 15.4. The summed E-state index contributed by atoms with van der Waals surface area (Å²) in [6.45, 7) is 4.02. The molecule has 0 saturated heterocycles. The van der Waals surface area contributed by atoms with Crippen molar-refractivity contribution >= 4 is 28.6 Å². The third-order valence-electron chi connectivity index (χ3n) is 3.42. The van der Waals surface area contributed by atoms with Crippen LogP contribution < -0.4 is 10.9 Å². The van der Waals surface area contributed by atoms with Crippen LogP contribution in [0.2, 0.25) is 0 Å². The summed E-state index contributed by atoms with van der Waals surface area (Å²) in [5, 5.41) is 3.78. The molecular formula is C15H19N3O2S. The van der Waals surface area contributed by atoms with Gasteiger partial charge in [0.1, 0.15) is 0 Å². The minimum Gasteiger partial charge on any atom is -0.358 e. The number of nitrogens with one attached hydrogen (secondary N) is 1. The molecule has 0 fully saturated rings. The first-order chi connectivity index (χ1) is 10.1. The fourth-order valence-corrected chi connectivity index (χ4v) is 2.97. The molecule has 1 amide bonds. The quantitative estimate of drug-likeness (QED) is 0.679. The highest BCUT2D eigenvalue weighted by Gasteiger charge is 2.16. The first kappa shape index (κ1) is 15.6. The van der Waals surface area contributed by atoms with Gasteiger partial charge in [0, 0.05) is 13.1 Å². The summed E-state index contributed by atoms with van der Waals surface area (Å²) in [6.07, 6.45) is 0.827. The molecule has 2 rings (SSSR count). The molecule has 21 heavy (non-hydrogen) atoms. The van der Waals surface area contributed by atoms with Crippen LogP contribution in [0, 0.1) is 0 Å². The molecule has 0 saturated carbocycles. The Bertz CT molecular complexity index is 712. The molecule has 1 aromatic heterocycles. The number of benzene rings is 1. The summed E-state index contributed by atoms with van der Waals surface area (Å²) >= 11 is 1.29. The summed E-state index contributed by atoms with van der Waals surface area (Å²) in [4.78, 5) is 28.7. The molecular weight excluding hydrogens is 286 g/mol. The lowest BCUT2D eigenvalue weighted by atomic mass is 10.2. The Balaban J connectivity index is 2.55. The number of aromatic nitrogens is 2. The van der Waals surface area contributed by atoms with Crippen molar-refractivity contribution in [3.63, 3.8) is 0 Å². The Morgan fingerprint density at radius 3 is 2.81 bits per heavy atom. The largest absolute Gasteiger partial charge is 0.358 e. The van der Waals surface area contributed by atoms with Crippen molar-refractivity contribution in [1.82, 2.24) is 14.9 Å². The predicted octanol–water partition coefficient (Wildman–Crippen LogP) is 2.21. The topological polar surface area (TPSA) is 64.0 Å². The van der Waals surface area contributed by atoms with E-state index in [-0.39, 0.29) is 23.3 Å². The lowest BCUT2D eigenvalue weighted by Gasteiger charge is -2.18. The van der Waals surface area contributed by atoms with E-state index in [0.717, 1.165) is 6.42 Å². The molecule has 0 aliphatic heterocycles. The first-order valence-corrected chi connectivity index (χ1v) is 7.91. The van der Waals surface area contributed by atoms with Gasteiger partial charge in [-0.3, -0.25) is 14.2 Å². The summed E-state index contributed by atoms with van der Waals surface area (Å²) in [7, 11) is 1.60. The van der Waals surface area contributed by atoms with E-state index in [0.29, 0.717) is 16.1 Å². The number of para-hydroxylation sites is 1. The molecule has 2 aromatic rings. The Labute approximate surface area is 127 Å². The van der Waals surface area contributed by atoms with Crippen LogP contribution in [-0.2, 0) is 4.79 Å². The molecule has 1 N–H and O–H groups in total. The average Bonchev–Trinajstić information content (AvgIpc) is 2.52. The molecule has 112 valence electrons. The van der Waals surface area contributed by atoms with Gasteiger partial charge in [0.05, 0.1) is 16.7 Å². The number of rotatable bonds is 5. The molecule has 0 spiro atoms. The summed E-state index contributed by atoms with van der Waals surface area (Å²) < 4.78 is 1.69. The highest BCUT2D eigenvalue weighted by atomic mass is 32.2. The smallest absolute Gasteiger partial charge is 0.262 e. The lowest BCUT2D eigenvalue weighted by molar-refractivity contribution is -0.118. The standard InChI is InChI=1S/C15H19N3O2S/c1-4-10(2)18-14(20)11-7-5-6-8-12(11)17-15(18)21-9-13(19)16-3/h5-8,10H,4,9H2,1-3H3,(H,16,19)/t10-/m1/s1. The van der Waals surface area contributed by atoms with Gasteiger partial charge < -0.3 is 5.32 Å². The lowest BCUT2D eigenvalue weighted by Crippen LogP contribution is -2.27. The van der Waals surface area contributed by atoms with Crippen LogP contribution in [0.4, 0.5) is 0 Å². The summed E-state index contributed by atoms with van der Waals surface area (Å²) in [5.74, 6) is 0.163. The molecule has 1 aromatic carbocycles. The Kier molecular flexibility index (Phi) is 5.01. The molecule has 0 radical (unpaired) electrons. The van der Waals surface area contributed by atoms with Gasteiger partial charge in [0.25, 0.3) is 5.56 Å². The third-order valence-corrected chi connectivity index (χ3v) is 4.37. The van der Waals surface area contributed by atoms with E-state index >= 15 is 0 Å². The van der Waals surface area contributed by atoms with Crippen molar-refractivity contribution in [2.45, 2.75) is 31.5 Å². The number of carbonyl (C=O) groups is 1. The predicted molar refractivity (Wildman–Crippen MR) is 85.8 cm³/mol. The van der Waals surface area contributed by atoms with Crippen LogP contribution in [0.15, 0.2) is 34.2 Å². The van der Waals surface area contributed by atoms with Gasteiger partial charge in [0.2, 0.25) is 5.91 Å². The fourth-order valence-electron chi connectivity index (χ4n) is 2.00. The van der Waals surface area contributed by atoms with E-state index < -0.39 is 0 Å². The van der Waals surface area contributed by atoms with Gasteiger partial charge in [-0.15, -0.1) is 0 Å². The number of amides is 1. The van der Waals surface area contributed by atoms with Gasteiger partial charge in [0.15, 0.2) is 5.16 Å². The van der Waals surface area contributed by atoms with Crippen molar-refractivity contribution in [3.8, 4) is 0 Å². The maximum Gasteiger partial charge on any atom is 0.262 e. The minimum atomic E-state index is -0.0851. The van der Waals surface area contributed by atoms with Gasteiger partial charge in [-0.2, -0.15) is 0 Å². The highest BCUT2D eigenvalue weighted by Crippen LogP contribution is 2.22. The van der Waals surface area contributed by atoms with Crippen LogP contribution >= 0.6 is 11.8 Å². The van der Waals surface area contributed by atoms with Crippen molar-refractivity contribution in [2.75, 3.05) is 12.8 Å². The van der Waals surface area contributed by atoms with Crippen LogP contribution in [-0.4, -0.2) is 28.3 Å². The second-order valence-electron chi connectivity index (χ2n) is 4.81. The van der Waals surface area contributed by atoms with Gasteiger partial charge in [-0.05, 0) is 25.5 Å². The van der Waals surface area contributed by atoms with E-state index in [1.54, 1.807) is 17.7 Å². The van der Waals surface area contributed by atoms with E-state index in [1.807, 2.05) is 32.0 Å². The summed E-state index contributed by atoms with van der Waals surface area (Å²) in [6, 6.07) is 7.35. The monoisotopic (exact) mass is 305 g/mol. The van der Waals surface area contributed by atoms with Crippen LogP contribution in [0.25, 0.3) is 10.9 Å². The number of fused-ring (bicyclic) bond motifs is 1. The molecule has 1 atom stereocenters. The maximum atomic E-state index is 12.7. The van der Waals surface area contributed by atoms with Crippen molar-refractivity contribution in [1.29, 1.82) is 0 Å². The van der Waals surface area contributed by atoms with Crippen molar-refractivity contribution < 1.29 is 4.79 Å². The second kappa shape index (κ2) is 6.76. The number of thioether (sulfide) groups is 1. The Morgan fingerprint density at radius 1 is 1.43 bits per heavy atom. The minimum absolute atomic E-state index is 0.0433. The van der Waals surface area contributed by atoms with E-state index in [1.165, 1.54) is 11.8 Å². The molecule has 0 unspecified atom stereocenters. The number of carbonyl (C=O) groups excluding carboxylic acids is 1. The highest BCUT2D eigenvalue weighted by molar-refractivity contribution is 7.99. The van der Waals surface area contributed by atoms with Crippen LogP contribution in [0.5, 0.6) is 0 Å². The van der Waals surface area contributed by atoms with Crippen molar-refractivity contribution in [2.24, 2.45) is 0 Å². The van der Waals surface area contributed by atoms with Crippen LogP contribution in [0.1, 0.15) is 26.3 Å². The van der Waals surface area contributed by atoms with E-state index in [9.17, 15) is 9.59 Å². The second-order valence-corrected chi connectivity index (χ2v) is 5.75. The third kappa shape index (κ3) is 3.26. The van der Waals surface area contributed by atoms with E-state index in [2.05, 4.69) is 10.3 Å². The fraction of sp³-hybridized carbons (Fsp3) is 0.400. The molecule has 6 heteroatoms. The van der Waals surface area contributed by atoms with Crippen LogP contribution in [0.3, 0.4) is 0 Å². The number of hydrogen-bond acceptors (Lipinski definition) is 4. The molecule has 0 bridgehead atoms. The molecule has 5 nitrogen and oxygen atoms in total. The molecule has 0 aliphatic rings. The Hall–Kier alpha value is -1.82. The normalized spacial score (nSPS) is 12.3. The number of hydrogen-bond donors (Lipinski definition) is 1.